The molecule has 0 aliphatic carbocycles. The van der Waals surface area contributed by atoms with Crippen molar-refractivity contribution in [3.8, 4) is 0 Å². The lowest BCUT2D eigenvalue weighted by Gasteiger charge is -2.35. The highest BCUT2D eigenvalue weighted by atomic mass is 16.5. The van der Waals surface area contributed by atoms with Crippen LogP contribution >= 0.6 is 0 Å². The molecule has 2 saturated heterocycles. The summed E-state index contributed by atoms with van der Waals surface area (Å²) in [5.74, 6) is 0.371. The average Bonchev–Trinajstić information content (AvgIpc) is 3.51. The Bertz CT molecular complexity index is 1050. The van der Waals surface area contributed by atoms with Gasteiger partial charge in [-0.05, 0) is 31.9 Å². The Hall–Kier alpha value is -2.91. The predicted molar refractivity (Wildman–Crippen MR) is 121 cm³/mol. The van der Waals surface area contributed by atoms with Crippen molar-refractivity contribution in [1.29, 1.82) is 0 Å². The molecule has 0 bridgehead atoms. The number of piperazine rings is 1. The quantitative estimate of drug-likeness (QED) is 0.633. The fourth-order valence-corrected chi connectivity index (χ4v) is 4.54. The molecule has 0 aromatic carbocycles. The number of carbonyl (C=O) groups excluding carboxylic acids is 1. The minimum atomic E-state index is -0.0356. The Balaban J connectivity index is 1.32. The minimum Gasteiger partial charge on any atom is -0.459 e. The SMILES string of the molecule is CCn1ncc2c(NC3CCOCC3)c(CN3CCN(C(=O)c4ccco4)CC3)cnc21. The molecular weight excluding hydrogens is 408 g/mol. The summed E-state index contributed by atoms with van der Waals surface area (Å²) in [5, 5.41) is 9.39. The molecule has 2 fully saturated rings. The number of pyridine rings is 1. The van der Waals surface area contributed by atoms with Gasteiger partial charge in [0.2, 0.25) is 0 Å². The van der Waals surface area contributed by atoms with E-state index in [1.165, 1.54) is 5.56 Å². The lowest BCUT2D eigenvalue weighted by Crippen LogP contribution is -2.48. The number of ether oxygens (including phenoxy) is 1. The molecule has 9 heteroatoms. The van der Waals surface area contributed by atoms with Crippen molar-refractivity contribution in [3.05, 3.63) is 42.1 Å². The third-order valence-corrected chi connectivity index (χ3v) is 6.40. The van der Waals surface area contributed by atoms with Crippen molar-refractivity contribution < 1.29 is 13.9 Å². The second-order valence-corrected chi connectivity index (χ2v) is 8.43. The monoisotopic (exact) mass is 438 g/mol. The molecule has 3 aromatic rings. The third kappa shape index (κ3) is 4.22. The van der Waals surface area contributed by atoms with Gasteiger partial charge in [0.25, 0.3) is 5.91 Å². The summed E-state index contributed by atoms with van der Waals surface area (Å²) < 4.78 is 12.7. The fourth-order valence-electron chi connectivity index (χ4n) is 4.54. The van der Waals surface area contributed by atoms with E-state index in [1.807, 2.05) is 22.0 Å². The van der Waals surface area contributed by atoms with Gasteiger partial charge < -0.3 is 19.4 Å². The Morgan fingerprint density at radius 1 is 1.19 bits per heavy atom. The number of amides is 1. The van der Waals surface area contributed by atoms with Crippen LogP contribution in [0, 0.1) is 0 Å². The smallest absolute Gasteiger partial charge is 0.289 e. The normalized spacial score (nSPS) is 18.3. The number of nitrogens with zero attached hydrogens (tertiary/aromatic N) is 5. The second kappa shape index (κ2) is 9.30. The molecular formula is C23H30N6O3. The van der Waals surface area contributed by atoms with Gasteiger partial charge in [-0.3, -0.25) is 9.69 Å². The van der Waals surface area contributed by atoms with Crippen LogP contribution in [-0.2, 0) is 17.8 Å². The maximum atomic E-state index is 12.6. The Morgan fingerprint density at radius 2 is 2.00 bits per heavy atom. The zero-order valence-electron chi connectivity index (χ0n) is 18.5. The molecule has 2 aliphatic heterocycles. The minimum absolute atomic E-state index is 0.0356. The fraction of sp³-hybridized carbons (Fsp3) is 0.522. The number of carbonyl (C=O) groups is 1. The van der Waals surface area contributed by atoms with Crippen molar-refractivity contribution >= 4 is 22.6 Å². The summed E-state index contributed by atoms with van der Waals surface area (Å²) in [6.07, 6.45) is 7.45. The van der Waals surface area contributed by atoms with Gasteiger partial charge in [0.15, 0.2) is 11.4 Å². The number of furan rings is 1. The number of hydrogen-bond acceptors (Lipinski definition) is 7. The van der Waals surface area contributed by atoms with Crippen LogP contribution in [0.5, 0.6) is 0 Å². The summed E-state index contributed by atoms with van der Waals surface area (Å²) in [5.41, 5.74) is 3.22. The molecule has 1 amide bonds. The van der Waals surface area contributed by atoms with E-state index in [4.69, 9.17) is 14.1 Å². The molecule has 0 radical (unpaired) electrons. The van der Waals surface area contributed by atoms with E-state index < -0.39 is 0 Å². The number of rotatable bonds is 6. The lowest BCUT2D eigenvalue weighted by molar-refractivity contribution is 0.0597. The van der Waals surface area contributed by atoms with E-state index in [2.05, 4.69) is 22.2 Å². The molecule has 170 valence electrons. The predicted octanol–water partition coefficient (Wildman–Crippen LogP) is 2.59. The summed E-state index contributed by atoms with van der Waals surface area (Å²) in [6.45, 7) is 8.24. The number of fused-ring (bicyclic) bond motifs is 1. The molecule has 2 aliphatic rings. The maximum absolute atomic E-state index is 12.6. The topological polar surface area (TPSA) is 88.7 Å². The van der Waals surface area contributed by atoms with Gasteiger partial charge in [0.1, 0.15) is 0 Å². The van der Waals surface area contributed by atoms with Gasteiger partial charge in [-0.15, -0.1) is 0 Å². The van der Waals surface area contributed by atoms with Crippen LogP contribution in [0.2, 0.25) is 0 Å². The molecule has 5 heterocycles. The van der Waals surface area contributed by atoms with E-state index in [1.54, 1.807) is 18.4 Å². The Kier molecular flexibility index (Phi) is 6.09. The molecule has 3 aromatic heterocycles. The van der Waals surface area contributed by atoms with Crippen molar-refractivity contribution in [3.63, 3.8) is 0 Å². The van der Waals surface area contributed by atoms with E-state index >= 15 is 0 Å². The number of nitrogens with one attached hydrogen (secondary N) is 1. The van der Waals surface area contributed by atoms with Crippen LogP contribution < -0.4 is 5.32 Å². The largest absolute Gasteiger partial charge is 0.459 e. The standard InChI is InChI=1S/C23H30N6O3/c1-2-29-22-19(15-25-29)21(26-18-5-12-31-13-6-18)17(14-24-22)16-27-7-9-28(10-8-27)23(30)20-4-3-11-32-20/h3-4,11,14-15,18H,2,5-10,12-13,16H2,1H3,(H,24,26). The average molecular weight is 439 g/mol. The number of aromatic nitrogens is 3. The molecule has 5 rings (SSSR count). The Labute approximate surface area is 187 Å². The first kappa shape index (κ1) is 21.0. The van der Waals surface area contributed by atoms with Gasteiger partial charge in [0, 0.05) is 70.3 Å². The third-order valence-electron chi connectivity index (χ3n) is 6.40. The van der Waals surface area contributed by atoms with Gasteiger partial charge in [-0.2, -0.15) is 5.10 Å². The van der Waals surface area contributed by atoms with E-state index in [0.717, 1.165) is 69.0 Å². The zero-order chi connectivity index (χ0) is 21.9. The lowest BCUT2D eigenvalue weighted by atomic mass is 10.1. The van der Waals surface area contributed by atoms with E-state index in [0.29, 0.717) is 24.9 Å². The van der Waals surface area contributed by atoms with Crippen LogP contribution in [0.4, 0.5) is 5.69 Å². The van der Waals surface area contributed by atoms with E-state index in [-0.39, 0.29) is 5.91 Å². The highest BCUT2D eigenvalue weighted by Crippen LogP contribution is 2.29. The molecule has 0 unspecified atom stereocenters. The van der Waals surface area contributed by atoms with Crippen molar-refractivity contribution in [2.45, 2.75) is 38.9 Å². The zero-order valence-corrected chi connectivity index (χ0v) is 18.5. The number of anilines is 1. The summed E-state index contributed by atoms with van der Waals surface area (Å²) >= 11 is 0. The van der Waals surface area contributed by atoms with Crippen LogP contribution in [0.15, 0.2) is 35.2 Å². The van der Waals surface area contributed by atoms with Crippen molar-refractivity contribution in [2.24, 2.45) is 0 Å². The van der Waals surface area contributed by atoms with Gasteiger partial charge in [-0.25, -0.2) is 9.67 Å². The molecule has 0 atom stereocenters. The summed E-state index contributed by atoms with van der Waals surface area (Å²) in [7, 11) is 0. The van der Waals surface area contributed by atoms with Gasteiger partial charge in [0.05, 0.1) is 23.5 Å². The van der Waals surface area contributed by atoms with Crippen molar-refractivity contribution in [2.75, 3.05) is 44.7 Å². The number of hydrogen-bond donors (Lipinski definition) is 1. The van der Waals surface area contributed by atoms with Gasteiger partial charge in [-0.1, -0.05) is 0 Å². The van der Waals surface area contributed by atoms with Crippen LogP contribution in [0.3, 0.4) is 0 Å². The first-order chi connectivity index (χ1) is 15.7. The Morgan fingerprint density at radius 3 is 2.72 bits per heavy atom. The highest BCUT2D eigenvalue weighted by Gasteiger charge is 2.25. The molecule has 0 saturated carbocycles. The first-order valence-corrected chi connectivity index (χ1v) is 11.5. The summed E-state index contributed by atoms with van der Waals surface area (Å²) in [4.78, 5) is 21.5. The van der Waals surface area contributed by atoms with E-state index in [9.17, 15) is 4.79 Å². The second-order valence-electron chi connectivity index (χ2n) is 8.43. The number of aryl methyl sites for hydroxylation is 1. The van der Waals surface area contributed by atoms with Crippen LogP contribution in [0.1, 0.15) is 35.9 Å². The maximum Gasteiger partial charge on any atom is 0.289 e. The first-order valence-electron chi connectivity index (χ1n) is 11.5. The van der Waals surface area contributed by atoms with Crippen molar-refractivity contribution in [1.82, 2.24) is 24.6 Å². The molecule has 9 nitrogen and oxygen atoms in total. The highest BCUT2D eigenvalue weighted by molar-refractivity contribution is 5.92. The molecule has 0 spiro atoms. The molecule has 1 N–H and O–H groups in total. The van der Waals surface area contributed by atoms with Crippen LogP contribution in [-0.4, -0.2) is 75.9 Å². The van der Waals surface area contributed by atoms with Crippen LogP contribution in [0.25, 0.3) is 11.0 Å². The van der Waals surface area contributed by atoms with Gasteiger partial charge >= 0.3 is 0 Å². The molecule has 32 heavy (non-hydrogen) atoms. The summed E-state index contributed by atoms with van der Waals surface area (Å²) in [6, 6.07) is 3.86.